The van der Waals surface area contributed by atoms with Gasteiger partial charge in [-0.2, -0.15) is 0 Å². The third-order valence-electron chi connectivity index (χ3n) is 5.93. The average molecular weight is 333 g/mol. The molecule has 4 rings (SSSR count). The number of rotatable bonds is 3. The molecule has 2 aliphatic rings. The van der Waals surface area contributed by atoms with Crippen molar-refractivity contribution in [1.82, 2.24) is 4.90 Å². The number of benzene rings is 2. The van der Waals surface area contributed by atoms with E-state index in [2.05, 4.69) is 60.4 Å². The second kappa shape index (κ2) is 7.03. The van der Waals surface area contributed by atoms with Gasteiger partial charge in [0.15, 0.2) is 0 Å². The summed E-state index contributed by atoms with van der Waals surface area (Å²) in [6.07, 6.45) is 6.74. The van der Waals surface area contributed by atoms with E-state index in [1.54, 1.807) is 0 Å². The number of fused-ring (bicyclic) bond motifs is 1. The summed E-state index contributed by atoms with van der Waals surface area (Å²) in [6.45, 7) is 2.95. The lowest BCUT2D eigenvalue weighted by molar-refractivity contribution is -0.134. The zero-order valence-electron chi connectivity index (χ0n) is 15.1. The number of carbonyl (C=O) groups is 1. The third kappa shape index (κ3) is 3.35. The molecule has 0 bridgehead atoms. The lowest BCUT2D eigenvalue weighted by Gasteiger charge is -2.38. The van der Waals surface area contributed by atoms with Gasteiger partial charge >= 0.3 is 0 Å². The average Bonchev–Trinajstić information content (AvgIpc) is 3.14. The molecule has 1 aliphatic heterocycles. The minimum atomic E-state index is 0.0689. The fourth-order valence-corrected chi connectivity index (χ4v) is 4.52. The van der Waals surface area contributed by atoms with Crippen LogP contribution >= 0.6 is 0 Å². The first-order valence-electron chi connectivity index (χ1n) is 9.66. The SMILES string of the molecule is Cc1ccc([C@H]2c3ccccc3CCN2C(=O)CC2CCCC2)cc1. The van der Waals surface area contributed by atoms with Crippen molar-refractivity contribution >= 4 is 5.91 Å². The maximum absolute atomic E-state index is 13.1. The molecule has 0 N–H and O–H groups in total. The molecule has 1 heterocycles. The summed E-state index contributed by atoms with van der Waals surface area (Å²) in [7, 11) is 0. The minimum Gasteiger partial charge on any atom is -0.331 e. The summed E-state index contributed by atoms with van der Waals surface area (Å²) in [4.78, 5) is 15.3. The molecule has 2 heteroatoms. The molecule has 0 radical (unpaired) electrons. The molecule has 1 amide bonds. The number of hydrogen-bond acceptors (Lipinski definition) is 1. The molecule has 1 atom stereocenters. The maximum Gasteiger partial charge on any atom is 0.223 e. The number of carbonyl (C=O) groups excluding carboxylic acids is 1. The molecule has 1 fully saturated rings. The molecule has 0 spiro atoms. The number of nitrogens with zero attached hydrogens (tertiary/aromatic N) is 1. The highest BCUT2D eigenvalue weighted by Gasteiger charge is 2.33. The van der Waals surface area contributed by atoms with Crippen LogP contribution in [0, 0.1) is 12.8 Å². The van der Waals surface area contributed by atoms with Crippen molar-refractivity contribution in [2.45, 2.75) is 51.5 Å². The van der Waals surface area contributed by atoms with E-state index in [1.165, 1.54) is 47.9 Å². The Kier molecular flexibility index (Phi) is 4.61. The quantitative estimate of drug-likeness (QED) is 0.770. The van der Waals surface area contributed by atoms with Gasteiger partial charge in [0.1, 0.15) is 0 Å². The highest BCUT2D eigenvalue weighted by atomic mass is 16.2. The summed E-state index contributed by atoms with van der Waals surface area (Å²) in [6, 6.07) is 17.4. The monoisotopic (exact) mass is 333 g/mol. The summed E-state index contributed by atoms with van der Waals surface area (Å²) in [5.41, 5.74) is 5.18. The van der Waals surface area contributed by atoms with Gasteiger partial charge in [-0.1, -0.05) is 66.9 Å². The van der Waals surface area contributed by atoms with Gasteiger partial charge in [-0.3, -0.25) is 4.79 Å². The standard InChI is InChI=1S/C23H27NO/c1-17-10-12-20(13-11-17)23-21-9-5-4-8-19(21)14-15-24(23)22(25)16-18-6-2-3-7-18/h4-5,8-13,18,23H,2-3,6-7,14-16H2,1H3/t23-/m0/s1. The van der Waals surface area contributed by atoms with Crippen LogP contribution in [0.3, 0.4) is 0 Å². The Labute approximate surface area is 150 Å². The van der Waals surface area contributed by atoms with Gasteiger partial charge in [0.25, 0.3) is 0 Å². The Morgan fingerprint density at radius 3 is 2.52 bits per heavy atom. The Morgan fingerprint density at radius 1 is 1.04 bits per heavy atom. The summed E-state index contributed by atoms with van der Waals surface area (Å²) < 4.78 is 0. The maximum atomic E-state index is 13.1. The fraction of sp³-hybridized carbons (Fsp3) is 0.435. The van der Waals surface area contributed by atoms with Crippen LogP contribution in [0.5, 0.6) is 0 Å². The first kappa shape index (κ1) is 16.4. The summed E-state index contributed by atoms with van der Waals surface area (Å²) in [5.74, 6) is 0.940. The molecule has 1 aliphatic carbocycles. The molecule has 0 unspecified atom stereocenters. The normalized spacial score (nSPS) is 20.5. The summed E-state index contributed by atoms with van der Waals surface area (Å²) >= 11 is 0. The van der Waals surface area contributed by atoms with Crippen molar-refractivity contribution in [3.63, 3.8) is 0 Å². The van der Waals surface area contributed by atoms with E-state index in [4.69, 9.17) is 0 Å². The first-order valence-corrected chi connectivity index (χ1v) is 9.66. The molecule has 2 aromatic carbocycles. The van der Waals surface area contributed by atoms with Crippen LogP contribution in [-0.2, 0) is 11.2 Å². The van der Waals surface area contributed by atoms with E-state index in [0.717, 1.165) is 19.4 Å². The molecule has 2 aromatic rings. The van der Waals surface area contributed by atoms with Crippen LogP contribution in [-0.4, -0.2) is 17.4 Å². The minimum absolute atomic E-state index is 0.0689. The van der Waals surface area contributed by atoms with Crippen LogP contribution in [0.25, 0.3) is 0 Å². The molecular weight excluding hydrogens is 306 g/mol. The predicted molar refractivity (Wildman–Crippen MR) is 101 cm³/mol. The third-order valence-corrected chi connectivity index (χ3v) is 5.93. The zero-order chi connectivity index (χ0) is 17.2. The lowest BCUT2D eigenvalue weighted by Crippen LogP contribution is -2.41. The van der Waals surface area contributed by atoms with Crippen molar-refractivity contribution in [2.75, 3.05) is 6.54 Å². The van der Waals surface area contributed by atoms with E-state index in [0.29, 0.717) is 11.8 Å². The number of hydrogen-bond donors (Lipinski definition) is 0. The van der Waals surface area contributed by atoms with Crippen LogP contribution in [0.2, 0.25) is 0 Å². The van der Waals surface area contributed by atoms with E-state index in [1.807, 2.05) is 0 Å². The van der Waals surface area contributed by atoms with Crippen molar-refractivity contribution in [1.29, 1.82) is 0 Å². The molecular formula is C23H27NO. The van der Waals surface area contributed by atoms with Gasteiger partial charge in [-0.05, 0) is 48.8 Å². The van der Waals surface area contributed by atoms with Crippen LogP contribution < -0.4 is 0 Å². The Bertz CT molecular complexity index is 743. The van der Waals surface area contributed by atoms with E-state index in [-0.39, 0.29) is 6.04 Å². The second-order valence-electron chi connectivity index (χ2n) is 7.70. The van der Waals surface area contributed by atoms with Gasteiger partial charge < -0.3 is 4.90 Å². The van der Waals surface area contributed by atoms with Gasteiger partial charge in [-0.25, -0.2) is 0 Å². The van der Waals surface area contributed by atoms with Crippen LogP contribution in [0.1, 0.15) is 60.4 Å². The van der Waals surface area contributed by atoms with Gasteiger partial charge in [0.2, 0.25) is 5.91 Å². The Morgan fingerprint density at radius 2 is 1.76 bits per heavy atom. The number of amides is 1. The predicted octanol–water partition coefficient (Wildman–Crippen LogP) is 5.05. The van der Waals surface area contributed by atoms with Crippen molar-refractivity contribution in [3.05, 3.63) is 70.8 Å². The van der Waals surface area contributed by atoms with Crippen LogP contribution in [0.4, 0.5) is 0 Å². The largest absolute Gasteiger partial charge is 0.331 e. The van der Waals surface area contributed by atoms with Crippen molar-refractivity contribution in [3.8, 4) is 0 Å². The Balaban J connectivity index is 1.67. The number of aryl methyl sites for hydroxylation is 1. The van der Waals surface area contributed by atoms with Crippen LogP contribution in [0.15, 0.2) is 48.5 Å². The lowest BCUT2D eigenvalue weighted by atomic mass is 9.87. The molecule has 0 aromatic heterocycles. The summed E-state index contributed by atoms with van der Waals surface area (Å²) in [5, 5.41) is 0. The van der Waals surface area contributed by atoms with E-state index < -0.39 is 0 Å². The van der Waals surface area contributed by atoms with Gasteiger partial charge in [0, 0.05) is 13.0 Å². The smallest absolute Gasteiger partial charge is 0.223 e. The van der Waals surface area contributed by atoms with E-state index in [9.17, 15) is 4.79 Å². The molecule has 1 saturated carbocycles. The fourth-order valence-electron chi connectivity index (χ4n) is 4.52. The first-order chi connectivity index (χ1) is 12.2. The second-order valence-corrected chi connectivity index (χ2v) is 7.70. The topological polar surface area (TPSA) is 20.3 Å². The zero-order valence-corrected chi connectivity index (χ0v) is 15.1. The molecule has 130 valence electrons. The van der Waals surface area contributed by atoms with Gasteiger partial charge in [-0.15, -0.1) is 0 Å². The van der Waals surface area contributed by atoms with Crippen molar-refractivity contribution in [2.24, 2.45) is 5.92 Å². The van der Waals surface area contributed by atoms with Crippen molar-refractivity contribution < 1.29 is 4.79 Å². The van der Waals surface area contributed by atoms with Gasteiger partial charge in [0.05, 0.1) is 6.04 Å². The highest BCUT2D eigenvalue weighted by Crippen LogP contribution is 2.37. The molecule has 0 saturated heterocycles. The van der Waals surface area contributed by atoms with E-state index >= 15 is 0 Å². The Hall–Kier alpha value is -2.09. The molecule has 25 heavy (non-hydrogen) atoms. The molecule has 2 nitrogen and oxygen atoms in total. The highest BCUT2D eigenvalue weighted by molar-refractivity contribution is 5.78.